The predicted molar refractivity (Wildman–Crippen MR) is 109 cm³/mol. The van der Waals surface area contributed by atoms with Gasteiger partial charge in [-0.15, -0.1) is 0 Å². The SMILES string of the molecule is CCCCc1ccc(C2=NC(CN(C)C)N=C2c2cccc(O)c2)cc1. The van der Waals surface area contributed by atoms with Crippen LogP contribution in [0.25, 0.3) is 0 Å². The molecule has 1 aliphatic heterocycles. The Hall–Kier alpha value is -2.46. The minimum absolute atomic E-state index is 0.114. The predicted octanol–water partition coefficient (Wildman–Crippen LogP) is 3.91. The highest BCUT2D eigenvalue weighted by Gasteiger charge is 2.24. The van der Waals surface area contributed by atoms with E-state index in [-0.39, 0.29) is 11.9 Å². The van der Waals surface area contributed by atoms with Crippen LogP contribution in [0.1, 0.15) is 36.5 Å². The van der Waals surface area contributed by atoms with E-state index in [9.17, 15) is 5.11 Å². The van der Waals surface area contributed by atoms with Crippen molar-refractivity contribution in [2.75, 3.05) is 20.6 Å². The molecule has 0 bridgehead atoms. The van der Waals surface area contributed by atoms with Crippen molar-refractivity contribution in [2.24, 2.45) is 9.98 Å². The van der Waals surface area contributed by atoms with Gasteiger partial charge in [0.05, 0.1) is 11.4 Å². The van der Waals surface area contributed by atoms with E-state index in [4.69, 9.17) is 9.98 Å². The third-order valence-corrected chi connectivity index (χ3v) is 4.47. The van der Waals surface area contributed by atoms with Crippen LogP contribution in [-0.2, 0) is 6.42 Å². The third-order valence-electron chi connectivity index (χ3n) is 4.47. The quantitative estimate of drug-likeness (QED) is 0.824. The monoisotopic (exact) mass is 349 g/mol. The highest BCUT2D eigenvalue weighted by Crippen LogP contribution is 2.21. The Kier molecular flexibility index (Phi) is 5.84. The van der Waals surface area contributed by atoms with Gasteiger partial charge >= 0.3 is 0 Å². The zero-order valence-electron chi connectivity index (χ0n) is 15.8. The van der Waals surface area contributed by atoms with Crippen molar-refractivity contribution in [1.29, 1.82) is 0 Å². The van der Waals surface area contributed by atoms with Crippen molar-refractivity contribution in [2.45, 2.75) is 32.4 Å². The largest absolute Gasteiger partial charge is 0.508 e. The number of hydrogen-bond donors (Lipinski definition) is 1. The van der Waals surface area contributed by atoms with Crippen LogP contribution in [0.4, 0.5) is 0 Å². The second-order valence-corrected chi connectivity index (χ2v) is 7.05. The molecule has 0 spiro atoms. The normalized spacial score (nSPS) is 16.7. The van der Waals surface area contributed by atoms with Crippen LogP contribution in [0, 0.1) is 0 Å². The van der Waals surface area contributed by atoms with E-state index < -0.39 is 0 Å². The summed E-state index contributed by atoms with van der Waals surface area (Å²) in [6.07, 6.45) is 3.41. The van der Waals surface area contributed by atoms with Gasteiger partial charge in [0.1, 0.15) is 5.75 Å². The lowest BCUT2D eigenvalue weighted by Gasteiger charge is -2.10. The topological polar surface area (TPSA) is 48.2 Å². The summed E-state index contributed by atoms with van der Waals surface area (Å²) in [4.78, 5) is 11.8. The molecular weight excluding hydrogens is 322 g/mol. The van der Waals surface area contributed by atoms with Crippen molar-refractivity contribution in [3.8, 4) is 5.75 Å². The maximum absolute atomic E-state index is 9.86. The fraction of sp³-hybridized carbons (Fsp3) is 0.364. The Labute approximate surface area is 155 Å². The summed E-state index contributed by atoms with van der Waals surface area (Å²) >= 11 is 0. The Morgan fingerprint density at radius 2 is 1.65 bits per heavy atom. The molecule has 0 amide bonds. The molecule has 1 aliphatic rings. The van der Waals surface area contributed by atoms with Gasteiger partial charge in [0.15, 0.2) is 6.17 Å². The first-order valence-corrected chi connectivity index (χ1v) is 9.26. The van der Waals surface area contributed by atoms with Crippen molar-refractivity contribution in [1.82, 2.24) is 4.90 Å². The summed E-state index contributed by atoms with van der Waals surface area (Å²) in [7, 11) is 4.05. The summed E-state index contributed by atoms with van der Waals surface area (Å²) in [5.74, 6) is 0.246. The minimum atomic E-state index is -0.114. The van der Waals surface area contributed by atoms with Crippen LogP contribution < -0.4 is 0 Å². The zero-order valence-corrected chi connectivity index (χ0v) is 15.8. The average Bonchev–Trinajstić information content (AvgIpc) is 3.03. The van der Waals surface area contributed by atoms with Crippen LogP contribution in [0.3, 0.4) is 0 Å². The van der Waals surface area contributed by atoms with Gasteiger partial charge in [-0.2, -0.15) is 0 Å². The van der Waals surface area contributed by atoms with Gasteiger partial charge in [-0.3, -0.25) is 9.98 Å². The molecule has 1 atom stereocenters. The van der Waals surface area contributed by atoms with Gasteiger partial charge in [-0.1, -0.05) is 49.7 Å². The van der Waals surface area contributed by atoms with Gasteiger partial charge in [0, 0.05) is 17.7 Å². The standard InChI is InChI=1S/C22H27N3O/c1-4-5-7-16-10-12-17(13-11-16)21-22(18-8-6-9-19(26)14-18)24-20(23-21)15-25(2)3/h6,8-14,20,26H,4-5,7,15H2,1-3H3. The summed E-state index contributed by atoms with van der Waals surface area (Å²) in [5.41, 5.74) is 5.10. The maximum Gasteiger partial charge on any atom is 0.153 e. The Morgan fingerprint density at radius 3 is 2.27 bits per heavy atom. The van der Waals surface area contributed by atoms with Gasteiger partial charge in [0.25, 0.3) is 0 Å². The number of benzene rings is 2. The molecule has 2 aromatic carbocycles. The molecule has 0 saturated heterocycles. The lowest BCUT2D eigenvalue weighted by Crippen LogP contribution is -2.22. The number of phenolic OH excluding ortho intramolecular Hbond substituents is 1. The number of aromatic hydroxyl groups is 1. The number of likely N-dealkylation sites (N-methyl/N-ethyl adjacent to an activating group) is 1. The molecule has 3 rings (SSSR count). The molecule has 4 nitrogen and oxygen atoms in total. The Morgan fingerprint density at radius 1 is 0.962 bits per heavy atom. The molecule has 0 saturated carbocycles. The smallest absolute Gasteiger partial charge is 0.153 e. The molecule has 4 heteroatoms. The lowest BCUT2D eigenvalue weighted by molar-refractivity contribution is 0.380. The fourth-order valence-electron chi connectivity index (χ4n) is 3.14. The van der Waals surface area contributed by atoms with Crippen LogP contribution >= 0.6 is 0 Å². The zero-order chi connectivity index (χ0) is 18.5. The average molecular weight is 349 g/mol. The van der Waals surface area contributed by atoms with E-state index in [1.807, 2.05) is 26.2 Å². The van der Waals surface area contributed by atoms with E-state index >= 15 is 0 Å². The molecule has 1 N–H and O–H groups in total. The van der Waals surface area contributed by atoms with Gasteiger partial charge in [0.2, 0.25) is 0 Å². The van der Waals surface area contributed by atoms with Crippen molar-refractivity contribution in [3.63, 3.8) is 0 Å². The first-order chi connectivity index (χ1) is 12.6. The van der Waals surface area contributed by atoms with Crippen molar-refractivity contribution >= 4 is 11.4 Å². The fourth-order valence-corrected chi connectivity index (χ4v) is 3.14. The molecular formula is C22H27N3O. The molecule has 0 aromatic heterocycles. The molecule has 0 fully saturated rings. The second-order valence-electron chi connectivity index (χ2n) is 7.05. The van der Waals surface area contributed by atoms with E-state index in [2.05, 4.69) is 36.1 Å². The summed E-state index contributed by atoms with van der Waals surface area (Å²) in [6.45, 7) is 2.98. The number of aryl methyl sites for hydroxylation is 1. The number of rotatable bonds is 7. The van der Waals surface area contributed by atoms with Gasteiger partial charge < -0.3 is 10.0 Å². The molecule has 26 heavy (non-hydrogen) atoms. The van der Waals surface area contributed by atoms with E-state index in [1.165, 1.54) is 18.4 Å². The van der Waals surface area contributed by atoms with Crippen molar-refractivity contribution in [3.05, 3.63) is 65.2 Å². The van der Waals surface area contributed by atoms with E-state index in [1.54, 1.807) is 12.1 Å². The Balaban J connectivity index is 1.92. The lowest BCUT2D eigenvalue weighted by atomic mass is 9.98. The third kappa shape index (κ3) is 4.38. The highest BCUT2D eigenvalue weighted by molar-refractivity contribution is 6.54. The summed E-state index contributed by atoms with van der Waals surface area (Å²) in [6, 6.07) is 15.9. The molecule has 136 valence electrons. The van der Waals surface area contributed by atoms with Gasteiger partial charge in [-0.05, 0) is 44.6 Å². The van der Waals surface area contributed by atoms with Crippen LogP contribution in [0.15, 0.2) is 58.5 Å². The maximum atomic E-state index is 9.86. The van der Waals surface area contributed by atoms with Gasteiger partial charge in [-0.25, -0.2) is 0 Å². The summed E-state index contributed by atoms with van der Waals surface area (Å²) < 4.78 is 0. The minimum Gasteiger partial charge on any atom is -0.508 e. The second kappa shape index (κ2) is 8.28. The molecule has 1 heterocycles. The van der Waals surface area contributed by atoms with Crippen LogP contribution in [0.2, 0.25) is 0 Å². The number of hydrogen-bond acceptors (Lipinski definition) is 4. The summed E-state index contributed by atoms with van der Waals surface area (Å²) in [5, 5.41) is 9.86. The number of unbranched alkanes of at least 4 members (excludes halogenated alkanes) is 1. The number of phenols is 1. The first kappa shape index (κ1) is 18.3. The van der Waals surface area contributed by atoms with Crippen molar-refractivity contribution < 1.29 is 5.11 Å². The molecule has 0 aliphatic carbocycles. The highest BCUT2D eigenvalue weighted by atomic mass is 16.3. The Bertz CT molecular complexity index is 806. The van der Waals surface area contributed by atoms with Crippen LogP contribution in [0.5, 0.6) is 5.75 Å². The number of aliphatic imine (C=N–C) groups is 2. The number of nitrogens with zero attached hydrogens (tertiary/aromatic N) is 3. The molecule has 2 aromatic rings. The van der Waals surface area contributed by atoms with E-state index in [0.29, 0.717) is 0 Å². The van der Waals surface area contributed by atoms with E-state index in [0.717, 1.165) is 35.5 Å². The first-order valence-electron chi connectivity index (χ1n) is 9.26. The van der Waals surface area contributed by atoms with Crippen LogP contribution in [-0.4, -0.2) is 48.2 Å². The molecule has 0 radical (unpaired) electrons. The molecule has 1 unspecified atom stereocenters.